The zero-order valence-corrected chi connectivity index (χ0v) is 11.3. The molecule has 17 heavy (non-hydrogen) atoms. The SMILES string of the molecule is C[C@@H]1C[C@@H](C)CN(C(=O)CSCCC(=O)O)C1. The molecule has 0 aromatic heterocycles. The van der Waals surface area contributed by atoms with Crippen LogP contribution >= 0.6 is 11.8 Å². The average Bonchev–Trinajstić information content (AvgIpc) is 2.22. The molecule has 1 amide bonds. The lowest BCUT2D eigenvalue weighted by Gasteiger charge is -2.35. The van der Waals surface area contributed by atoms with Crippen LogP contribution in [0.3, 0.4) is 0 Å². The van der Waals surface area contributed by atoms with E-state index in [1.807, 2.05) is 4.90 Å². The van der Waals surface area contributed by atoms with E-state index in [1.54, 1.807) is 0 Å². The van der Waals surface area contributed by atoms with E-state index in [2.05, 4.69) is 13.8 Å². The molecule has 1 heterocycles. The maximum Gasteiger partial charge on any atom is 0.304 e. The zero-order chi connectivity index (χ0) is 12.8. The summed E-state index contributed by atoms with van der Waals surface area (Å²) in [5, 5.41) is 8.49. The van der Waals surface area contributed by atoms with Gasteiger partial charge in [-0.2, -0.15) is 11.8 Å². The van der Waals surface area contributed by atoms with E-state index < -0.39 is 5.97 Å². The summed E-state index contributed by atoms with van der Waals surface area (Å²) in [4.78, 5) is 24.1. The minimum absolute atomic E-state index is 0.130. The minimum atomic E-state index is -0.801. The molecule has 1 aliphatic rings. The predicted molar refractivity (Wildman–Crippen MR) is 69.1 cm³/mol. The van der Waals surface area contributed by atoms with Crippen molar-refractivity contribution in [3.8, 4) is 0 Å². The van der Waals surface area contributed by atoms with E-state index in [0.717, 1.165) is 13.1 Å². The number of thioether (sulfide) groups is 1. The number of carbonyl (C=O) groups excluding carboxylic acids is 1. The quantitative estimate of drug-likeness (QED) is 0.763. The smallest absolute Gasteiger partial charge is 0.304 e. The van der Waals surface area contributed by atoms with Gasteiger partial charge < -0.3 is 10.0 Å². The Morgan fingerprint density at radius 3 is 2.41 bits per heavy atom. The van der Waals surface area contributed by atoms with Crippen molar-refractivity contribution in [1.29, 1.82) is 0 Å². The molecule has 0 aromatic carbocycles. The van der Waals surface area contributed by atoms with E-state index in [0.29, 0.717) is 23.3 Å². The van der Waals surface area contributed by atoms with Gasteiger partial charge in [0, 0.05) is 18.8 Å². The van der Waals surface area contributed by atoms with Crippen LogP contribution in [0, 0.1) is 11.8 Å². The molecule has 0 radical (unpaired) electrons. The van der Waals surface area contributed by atoms with Gasteiger partial charge in [-0.1, -0.05) is 13.8 Å². The zero-order valence-electron chi connectivity index (χ0n) is 10.5. The summed E-state index contributed by atoms with van der Waals surface area (Å²) in [5.41, 5.74) is 0. The third-order valence-electron chi connectivity index (χ3n) is 2.91. The monoisotopic (exact) mass is 259 g/mol. The molecule has 98 valence electrons. The highest BCUT2D eigenvalue weighted by Gasteiger charge is 2.24. The van der Waals surface area contributed by atoms with Crippen LogP contribution in [0.4, 0.5) is 0 Å². The van der Waals surface area contributed by atoms with Crippen LogP contribution in [0.2, 0.25) is 0 Å². The molecular formula is C12H21NO3S. The third-order valence-corrected chi connectivity index (χ3v) is 3.85. The van der Waals surface area contributed by atoms with Crippen LogP contribution in [0.15, 0.2) is 0 Å². The summed E-state index contributed by atoms with van der Waals surface area (Å²) in [6.07, 6.45) is 1.32. The van der Waals surface area contributed by atoms with Crippen LogP contribution in [0.1, 0.15) is 26.7 Å². The van der Waals surface area contributed by atoms with E-state index >= 15 is 0 Å². The lowest BCUT2D eigenvalue weighted by Crippen LogP contribution is -2.43. The molecule has 1 saturated heterocycles. The topological polar surface area (TPSA) is 57.6 Å². The Bertz CT molecular complexity index is 273. The number of carbonyl (C=O) groups is 2. The second-order valence-corrected chi connectivity index (χ2v) is 6.05. The van der Waals surface area contributed by atoms with Crippen LogP contribution < -0.4 is 0 Å². The molecule has 0 aliphatic carbocycles. The Morgan fingerprint density at radius 1 is 1.29 bits per heavy atom. The summed E-state index contributed by atoms with van der Waals surface area (Å²) in [7, 11) is 0. The van der Waals surface area contributed by atoms with Gasteiger partial charge in [-0.3, -0.25) is 9.59 Å². The first-order valence-electron chi connectivity index (χ1n) is 6.06. The number of hydrogen-bond donors (Lipinski definition) is 1. The fraction of sp³-hybridized carbons (Fsp3) is 0.833. The summed E-state index contributed by atoms with van der Waals surface area (Å²) >= 11 is 1.41. The van der Waals surface area contributed by atoms with Gasteiger partial charge in [0.15, 0.2) is 0 Å². The Morgan fingerprint density at radius 2 is 1.88 bits per heavy atom. The maximum atomic E-state index is 11.9. The summed E-state index contributed by atoms with van der Waals surface area (Å²) in [6, 6.07) is 0. The van der Waals surface area contributed by atoms with Crippen molar-refractivity contribution in [3.05, 3.63) is 0 Å². The number of rotatable bonds is 5. The standard InChI is InChI=1S/C12H21NO3S/c1-9-5-10(2)7-13(6-9)11(14)8-17-4-3-12(15)16/h9-10H,3-8H2,1-2H3,(H,15,16)/t9-,10-/m1/s1. The highest BCUT2D eigenvalue weighted by molar-refractivity contribution is 7.99. The van der Waals surface area contributed by atoms with E-state index in [1.165, 1.54) is 18.2 Å². The molecule has 2 atom stereocenters. The molecule has 1 aliphatic heterocycles. The Labute approximate surface area is 107 Å². The van der Waals surface area contributed by atoms with Gasteiger partial charge in [0.05, 0.1) is 12.2 Å². The van der Waals surface area contributed by atoms with Crippen molar-refractivity contribution in [2.75, 3.05) is 24.6 Å². The van der Waals surface area contributed by atoms with E-state index in [4.69, 9.17) is 5.11 Å². The fourth-order valence-corrected chi connectivity index (χ4v) is 3.10. The molecule has 0 saturated carbocycles. The molecule has 0 unspecified atom stereocenters. The number of aliphatic carboxylic acids is 1. The largest absolute Gasteiger partial charge is 0.481 e. The van der Waals surface area contributed by atoms with Crippen molar-refractivity contribution < 1.29 is 14.7 Å². The molecule has 1 rings (SSSR count). The first-order chi connectivity index (χ1) is 7.99. The Balaban J connectivity index is 2.24. The number of hydrogen-bond acceptors (Lipinski definition) is 3. The van der Waals surface area contributed by atoms with Gasteiger partial charge in [0.2, 0.25) is 5.91 Å². The lowest BCUT2D eigenvalue weighted by atomic mass is 9.92. The van der Waals surface area contributed by atoms with Gasteiger partial charge in [0.25, 0.3) is 0 Å². The number of carboxylic acid groups (broad SMARTS) is 1. The molecule has 5 heteroatoms. The number of carboxylic acids is 1. The van der Waals surface area contributed by atoms with Crippen molar-refractivity contribution >= 4 is 23.6 Å². The third kappa shape index (κ3) is 5.44. The molecule has 1 N–H and O–H groups in total. The number of piperidine rings is 1. The number of likely N-dealkylation sites (tertiary alicyclic amines) is 1. The molecule has 0 bridgehead atoms. The van der Waals surface area contributed by atoms with Crippen LogP contribution in [0.25, 0.3) is 0 Å². The van der Waals surface area contributed by atoms with Gasteiger partial charge in [0.1, 0.15) is 0 Å². The second-order valence-electron chi connectivity index (χ2n) is 4.94. The first-order valence-corrected chi connectivity index (χ1v) is 7.21. The first kappa shape index (κ1) is 14.4. The highest BCUT2D eigenvalue weighted by atomic mass is 32.2. The van der Waals surface area contributed by atoms with Gasteiger partial charge in [-0.25, -0.2) is 0 Å². The highest BCUT2D eigenvalue weighted by Crippen LogP contribution is 2.21. The summed E-state index contributed by atoms with van der Waals surface area (Å²) < 4.78 is 0. The summed E-state index contributed by atoms with van der Waals surface area (Å²) in [5.74, 6) is 1.43. The molecular weight excluding hydrogens is 238 g/mol. The Hall–Kier alpha value is -0.710. The van der Waals surface area contributed by atoms with Crippen molar-refractivity contribution in [2.24, 2.45) is 11.8 Å². The number of nitrogens with zero attached hydrogens (tertiary/aromatic N) is 1. The molecule has 0 aromatic rings. The normalized spacial score (nSPS) is 24.7. The lowest BCUT2D eigenvalue weighted by molar-refractivity contribution is -0.136. The van der Waals surface area contributed by atoms with Crippen LogP contribution in [-0.4, -0.2) is 46.5 Å². The van der Waals surface area contributed by atoms with Crippen molar-refractivity contribution in [2.45, 2.75) is 26.7 Å². The maximum absolute atomic E-state index is 11.9. The molecule has 4 nitrogen and oxygen atoms in total. The second kappa shape index (κ2) is 6.89. The van der Waals surface area contributed by atoms with Crippen LogP contribution in [0.5, 0.6) is 0 Å². The van der Waals surface area contributed by atoms with Crippen molar-refractivity contribution in [3.63, 3.8) is 0 Å². The minimum Gasteiger partial charge on any atom is -0.481 e. The fourth-order valence-electron chi connectivity index (χ4n) is 2.28. The van der Waals surface area contributed by atoms with Crippen LogP contribution in [-0.2, 0) is 9.59 Å². The Kier molecular flexibility index (Phi) is 5.82. The molecule has 0 spiro atoms. The molecule has 1 fully saturated rings. The van der Waals surface area contributed by atoms with E-state index in [-0.39, 0.29) is 12.3 Å². The van der Waals surface area contributed by atoms with Crippen molar-refractivity contribution in [1.82, 2.24) is 4.90 Å². The van der Waals surface area contributed by atoms with Gasteiger partial charge in [-0.05, 0) is 18.3 Å². The van der Waals surface area contributed by atoms with Gasteiger partial charge >= 0.3 is 5.97 Å². The summed E-state index contributed by atoms with van der Waals surface area (Å²) in [6.45, 7) is 6.05. The van der Waals surface area contributed by atoms with E-state index in [9.17, 15) is 9.59 Å². The van der Waals surface area contributed by atoms with Gasteiger partial charge in [-0.15, -0.1) is 0 Å². The predicted octanol–water partition coefficient (Wildman–Crippen LogP) is 1.70. The average molecular weight is 259 g/mol. The number of amides is 1.